The summed E-state index contributed by atoms with van der Waals surface area (Å²) in [4.78, 5) is 11.5. The van der Waals surface area contributed by atoms with E-state index in [0.717, 1.165) is 37.9 Å². The second-order valence-corrected chi connectivity index (χ2v) is 4.80. The van der Waals surface area contributed by atoms with Crippen LogP contribution in [0.15, 0.2) is 24.3 Å². The number of ether oxygens (including phenoxy) is 1. The van der Waals surface area contributed by atoms with Crippen molar-refractivity contribution in [1.29, 1.82) is 5.41 Å². The topological polar surface area (TPSA) is 74.2 Å². The predicted octanol–water partition coefficient (Wildman–Crippen LogP) is 3.75. The Morgan fingerprint density at radius 3 is 2.48 bits per heavy atom. The van der Waals surface area contributed by atoms with E-state index in [2.05, 4.69) is 17.6 Å². The predicted molar refractivity (Wildman–Crippen MR) is 86.1 cm³/mol. The number of unbranched alkanes of at least 4 members (excludes halogenated alkanes) is 3. The minimum absolute atomic E-state index is 0.0524. The average Bonchev–Trinajstić information content (AvgIpc) is 2.48. The molecule has 21 heavy (non-hydrogen) atoms. The Labute approximate surface area is 126 Å². The van der Waals surface area contributed by atoms with Gasteiger partial charge in [-0.05, 0) is 37.6 Å². The number of hydrogen-bond donors (Lipinski definition) is 3. The summed E-state index contributed by atoms with van der Waals surface area (Å²) < 4.78 is 5.04. The molecule has 0 aliphatic heterocycles. The number of nitrogens with one attached hydrogen (secondary N) is 3. The Morgan fingerprint density at radius 1 is 1.14 bits per heavy atom. The minimum atomic E-state index is -0.563. The van der Waals surface area contributed by atoms with Crippen molar-refractivity contribution < 1.29 is 9.53 Å². The molecule has 0 bridgehead atoms. The van der Waals surface area contributed by atoms with E-state index in [0.29, 0.717) is 12.2 Å². The summed E-state index contributed by atoms with van der Waals surface area (Å²) >= 11 is 0. The third kappa shape index (κ3) is 6.79. The van der Waals surface area contributed by atoms with Crippen LogP contribution in [0.25, 0.3) is 0 Å². The lowest BCUT2D eigenvalue weighted by Gasteiger charge is -2.09. The van der Waals surface area contributed by atoms with Crippen molar-refractivity contribution in [2.75, 3.05) is 18.5 Å². The Kier molecular flexibility index (Phi) is 7.94. The fraction of sp³-hybridized carbons (Fsp3) is 0.500. The van der Waals surface area contributed by atoms with Gasteiger partial charge in [0.15, 0.2) is 0 Å². The van der Waals surface area contributed by atoms with Crippen molar-refractivity contribution in [2.24, 2.45) is 0 Å². The molecule has 0 spiro atoms. The van der Waals surface area contributed by atoms with Crippen LogP contribution in [0.4, 0.5) is 10.5 Å². The molecule has 0 unspecified atom stereocenters. The maximum absolute atomic E-state index is 11.5. The smallest absolute Gasteiger partial charge is 0.412 e. The molecule has 1 rings (SSSR count). The molecule has 5 nitrogen and oxygen atoms in total. The third-order valence-corrected chi connectivity index (χ3v) is 3.01. The first-order chi connectivity index (χ1) is 10.2. The Morgan fingerprint density at radius 2 is 1.86 bits per heavy atom. The lowest BCUT2D eigenvalue weighted by molar-refractivity contribution is 0.149. The molecule has 0 radical (unpaired) electrons. The van der Waals surface area contributed by atoms with Gasteiger partial charge in [-0.3, -0.25) is 10.7 Å². The van der Waals surface area contributed by atoms with Gasteiger partial charge in [-0.1, -0.05) is 26.2 Å². The molecule has 0 atom stereocenters. The van der Waals surface area contributed by atoms with Gasteiger partial charge in [-0.25, -0.2) is 4.79 Å². The molecule has 0 aromatic heterocycles. The Bertz CT molecular complexity index is 443. The van der Waals surface area contributed by atoms with Gasteiger partial charge >= 0.3 is 6.09 Å². The van der Waals surface area contributed by atoms with Crippen molar-refractivity contribution >= 4 is 17.6 Å². The van der Waals surface area contributed by atoms with E-state index in [9.17, 15) is 4.79 Å². The standard InChI is InChI=1S/C16H25N3O2/c1-3-5-6-7-12-21-16(20)19-15(17)13-8-10-14(11-9-13)18-4-2/h8-11,18H,3-7,12H2,1-2H3,(H2,17,19,20). The van der Waals surface area contributed by atoms with Gasteiger partial charge in [-0.2, -0.15) is 0 Å². The zero-order valence-electron chi connectivity index (χ0n) is 12.9. The van der Waals surface area contributed by atoms with Crippen LogP contribution in [0.1, 0.15) is 45.1 Å². The number of anilines is 1. The number of amides is 1. The zero-order chi connectivity index (χ0) is 15.5. The molecule has 5 heteroatoms. The molecule has 0 aliphatic rings. The molecule has 0 aliphatic carbocycles. The largest absolute Gasteiger partial charge is 0.449 e. The molecule has 1 aromatic rings. The lowest BCUT2D eigenvalue weighted by Crippen LogP contribution is -2.31. The highest BCUT2D eigenvalue weighted by molar-refractivity contribution is 6.04. The van der Waals surface area contributed by atoms with Gasteiger partial charge in [-0.15, -0.1) is 0 Å². The van der Waals surface area contributed by atoms with E-state index in [1.165, 1.54) is 0 Å². The molecule has 116 valence electrons. The molecule has 0 fully saturated rings. The first-order valence-electron chi connectivity index (χ1n) is 7.54. The normalized spacial score (nSPS) is 10.0. The Hall–Kier alpha value is -2.04. The highest BCUT2D eigenvalue weighted by Crippen LogP contribution is 2.09. The van der Waals surface area contributed by atoms with Crippen LogP contribution in [0, 0.1) is 5.41 Å². The van der Waals surface area contributed by atoms with Gasteiger partial charge in [0.2, 0.25) is 0 Å². The number of benzene rings is 1. The Balaban J connectivity index is 2.33. The van der Waals surface area contributed by atoms with Crippen LogP contribution >= 0.6 is 0 Å². The molecular formula is C16H25N3O2. The fourth-order valence-corrected chi connectivity index (χ4v) is 1.86. The summed E-state index contributed by atoms with van der Waals surface area (Å²) in [5.74, 6) is 0.0524. The number of hydrogen-bond acceptors (Lipinski definition) is 4. The van der Waals surface area contributed by atoms with Gasteiger partial charge in [0.25, 0.3) is 0 Å². The van der Waals surface area contributed by atoms with Crippen LogP contribution in [0.3, 0.4) is 0 Å². The minimum Gasteiger partial charge on any atom is -0.449 e. The first kappa shape index (κ1) is 17.0. The number of rotatable bonds is 8. The second-order valence-electron chi connectivity index (χ2n) is 4.80. The fourth-order valence-electron chi connectivity index (χ4n) is 1.86. The van der Waals surface area contributed by atoms with Gasteiger partial charge in [0.05, 0.1) is 6.61 Å². The van der Waals surface area contributed by atoms with E-state index in [1.807, 2.05) is 19.1 Å². The molecule has 0 saturated heterocycles. The van der Waals surface area contributed by atoms with Gasteiger partial charge in [0.1, 0.15) is 5.84 Å². The van der Waals surface area contributed by atoms with Gasteiger partial charge in [0, 0.05) is 17.8 Å². The van der Waals surface area contributed by atoms with Crippen LogP contribution in [0.2, 0.25) is 0 Å². The molecule has 3 N–H and O–H groups in total. The van der Waals surface area contributed by atoms with E-state index < -0.39 is 6.09 Å². The number of carbonyl (C=O) groups excluding carboxylic acids is 1. The quantitative estimate of drug-likeness (QED) is 0.388. The second kappa shape index (κ2) is 9.80. The van der Waals surface area contributed by atoms with Gasteiger partial charge < -0.3 is 10.1 Å². The summed E-state index contributed by atoms with van der Waals surface area (Å²) in [6.07, 6.45) is 3.67. The highest BCUT2D eigenvalue weighted by atomic mass is 16.5. The van der Waals surface area contributed by atoms with Crippen molar-refractivity contribution in [3.05, 3.63) is 29.8 Å². The summed E-state index contributed by atoms with van der Waals surface area (Å²) in [5, 5.41) is 13.5. The van der Waals surface area contributed by atoms with E-state index in [4.69, 9.17) is 10.1 Å². The number of carbonyl (C=O) groups is 1. The van der Waals surface area contributed by atoms with E-state index >= 15 is 0 Å². The summed E-state index contributed by atoms with van der Waals surface area (Å²) in [6.45, 7) is 5.40. The van der Waals surface area contributed by atoms with Crippen molar-refractivity contribution in [1.82, 2.24) is 5.32 Å². The molecule has 1 amide bonds. The molecule has 0 saturated carbocycles. The van der Waals surface area contributed by atoms with Crippen molar-refractivity contribution in [2.45, 2.75) is 39.5 Å². The summed E-state index contributed by atoms with van der Waals surface area (Å²) in [5.41, 5.74) is 1.65. The number of alkyl carbamates (subject to hydrolysis) is 1. The SMILES string of the molecule is CCCCCCOC(=O)NC(=N)c1ccc(NCC)cc1. The van der Waals surface area contributed by atoms with Crippen molar-refractivity contribution in [3.63, 3.8) is 0 Å². The monoisotopic (exact) mass is 291 g/mol. The maximum atomic E-state index is 11.5. The maximum Gasteiger partial charge on any atom is 0.412 e. The summed E-state index contributed by atoms with van der Waals surface area (Å²) in [7, 11) is 0. The lowest BCUT2D eigenvalue weighted by atomic mass is 10.2. The third-order valence-electron chi connectivity index (χ3n) is 3.01. The number of amidine groups is 1. The first-order valence-corrected chi connectivity index (χ1v) is 7.54. The van der Waals surface area contributed by atoms with E-state index in [-0.39, 0.29) is 5.84 Å². The van der Waals surface area contributed by atoms with Crippen LogP contribution in [0.5, 0.6) is 0 Å². The van der Waals surface area contributed by atoms with Crippen molar-refractivity contribution in [3.8, 4) is 0 Å². The summed E-state index contributed by atoms with van der Waals surface area (Å²) in [6, 6.07) is 7.35. The van der Waals surface area contributed by atoms with E-state index in [1.54, 1.807) is 12.1 Å². The van der Waals surface area contributed by atoms with Crippen LogP contribution in [-0.2, 0) is 4.74 Å². The molecule has 1 aromatic carbocycles. The average molecular weight is 291 g/mol. The zero-order valence-corrected chi connectivity index (χ0v) is 12.9. The van der Waals surface area contributed by atoms with Crippen LogP contribution in [-0.4, -0.2) is 25.1 Å². The molecular weight excluding hydrogens is 266 g/mol. The molecule has 0 heterocycles. The van der Waals surface area contributed by atoms with Crippen LogP contribution < -0.4 is 10.6 Å². The highest BCUT2D eigenvalue weighted by Gasteiger charge is 2.07.